The first-order valence-corrected chi connectivity index (χ1v) is 11.3. The van der Waals surface area contributed by atoms with Crippen LogP contribution in [0, 0.1) is 10.8 Å². The first-order valence-electron chi connectivity index (χ1n) is 11.3. The molecule has 0 aliphatic heterocycles. The van der Waals surface area contributed by atoms with Crippen LogP contribution in [0.4, 0.5) is 0 Å². The third kappa shape index (κ3) is 12.5. The van der Waals surface area contributed by atoms with Crippen LogP contribution in [-0.4, -0.2) is 34.0 Å². The Kier molecular flexibility index (Phi) is 11.6. The van der Waals surface area contributed by atoms with Gasteiger partial charge in [0.1, 0.15) is 0 Å². The van der Waals surface area contributed by atoms with Crippen LogP contribution in [0.2, 0.25) is 0 Å². The molecule has 1 fully saturated rings. The third-order valence-electron chi connectivity index (χ3n) is 6.47. The molecule has 1 aliphatic carbocycles. The van der Waals surface area contributed by atoms with E-state index in [9.17, 15) is 9.90 Å². The molecule has 4 heteroatoms. The lowest BCUT2D eigenvalue weighted by atomic mass is 9.82. The highest BCUT2D eigenvalue weighted by atomic mass is 16.4. The van der Waals surface area contributed by atoms with Crippen molar-refractivity contribution in [3.63, 3.8) is 0 Å². The van der Waals surface area contributed by atoms with Gasteiger partial charge in [-0.25, -0.2) is 0 Å². The molecule has 27 heavy (non-hydrogen) atoms. The standard InChI is InChI=1S/C23H44O4/c1-22(2,14-9-19-24)13-7-3-5-10-20(25)11-6-4-8-15-23(17-18-23)16-12-21(26)27/h20,24-25H,3-19H2,1-2H3,(H,26,27). The number of carboxylic acid groups (broad SMARTS) is 1. The Morgan fingerprint density at radius 1 is 0.926 bits per heavy atom. The fourth-order valence-corrected chi connectivity index (χ4v) is 4.22. The lowest BCUT2D eigenvalue weighted by molar-refractivity contribution is -0.137. The molecule has 4 nitrogen and oxygen atoms in total. The second-order valence-corrected chi connectivity index (χ2v) is 9.74. The van der Waals surface area contributed by atoms with Crippen molar-refractivity contribution in [3.8, 4) is 0 Å². The van der Waals surface area contributed by atoms with E-state index in [0.29, 0.717) is 23.9 Å². The highest BCUT2D eigenvalue weighted by Crippen LogP contribution is 2.53. The van der Waals surface area contributed by atoms with Gasteiger partial charge in [-0.05, 0) is 68.6 Å². The number of rotatable bonds is 18. The molecular weight excluding hydrogens is 340 g/mol. The molecule has 1 aliphatic rings. The van der Waals surface area contributed by atoms with E-state index in [1.807, 2.05) is 0 Å². The molecule has 0 heterocycles. The van der Waals surface area contributed by atoms with E-state index in [2.05, 4.69) is 13.8 Å². The molecule has 0 spiro atoms. The van der Waals surface area contributed by atoms with E-state index in [1.165, 1.54) is 44.9 Å². The predicted octanol–water partition coefficient (Wildman–Crippen LogP) is 5.69. The zero-order valence-electron chi connectivity index (χ0n) is 17.8. The van der Waals surface area contributed by atoms with E-state index >= 15 is 0 Å². The fraction of sp³-hybridized carbons (Fsp3) is 0.957. The molecule has 3 N–H and O–H groups in total. The van der Waals surface area contributed by atoms with Gasteiger partial charge in [0.2, 0.25) is 0 Å². The minimum Gasteiger partial charge on any atom is -0.481 e. The second kappa shape index (κ2) is 12.8. The first-order chi connectivity index (χ1) is 12.8. The van der Waals surface area contributed by atoms with Crippen molar-refractivity contribution in [2.45, 2.75) is 123 Å². The van der Waals surface area contributed by atoms with E-state index in [4.69, 9.17) is 10.2 Å². The topological polar surface area (TPSA) is 77.8 Å². The monoisotopic (exact) mass is 384 g/mol. The number of unbranched alkanes of at least 4 members (excludes halogenated alkanes) is 4. The summed E-state index contributed by atoms with van der Waals surface area (Å²) in [6, 6.07) is 0. The molecule has 1 rings (SSSR count). The maximum atomic E-state index is 10.7. The molecule has 0 bridgehead atoms. The molecular formula is C23H44O4. The first kappa shape index (κ1) is 24.4. The Labute approximate surface area is 166 Å². The SMILES string of the molecule is CC(C)(CCCO)CCCCCC(O)CCCCCC1(CCC(=O)O)CC1. The summed E-state index contributed by atoms with van der Waals surface area (Å²) in [5.74, 6) is -0.668. The number of carbonyl (C=O) groups is 1. The summed E-state index contributed by atoms with van der Waals surface area (Å²) in [6.45, 7) is 4.86. The highest BCUT2D eigenvalue weighted by molar-refractivity contribution is 5.66. The van der Waals surface area contributed by atoms with Gasteiger partial charge < -0.3 is 15.3 Å². The Bertz CT molecular complexity index is 401. The zero-order valence-corrected chi connectivity index (χ0v) is 17.8. The van der Waals surface area contributed by atoms with Crippen LogP contribution >= 0.6 is 0 Å². The summed E-state index contributed by atoms with van der Waals surface area (Å²) in [6.07, 6.45) is 16.5. The summed E-state index contributed by atoms with van der Waals surface area (Å²) in [5, 5.41) is 27.9. The molecule has 0 saturated heterocycles. The Morgan fingerprint density at radius 2 is 1.52 bits per heavy atom. The van der Waals surface area contributed by atoms with Gasteiger partial charge in [0.05, 0.1) is 6.10 Å². The van der Waals surface area contributed by atoms with E-state index in [-0.39, 0.29) is 6.10 Å². The molecule has 0 amide bonds. The van der Waals surface area contributed by atoms with Crippen LogP contribution in [0.15, 0.2) is 0 Å². The molecule has 0 aromatic heterocycles. The van der Waals surface area contributed by atoms with E-state index in [1.54, 1.807) is 0 Å². The summed E-state index contributed by atoms with van der Waals surface area (Å²) in [7, 11) is 0. The van der Waals surface area contributed by atoms with Gasteiger partial charge >= 0.3 is 5.97 Å². The van der Waals surface area contributed by atoms with Crippen molar-refractivity contribution < 1.29 is 20.1 Å². The van der Waals surface area contributed by atoms with Crippen LogP contribution in [0.3, 0.4) is 0 Å². The van der Waals surface area contributed by atoms with Crippen molar-refractivity contribution in [1.29, 1.82) is 0 Å². The number of carboxylic acids is 1. The van der Waals surface area contributed by atoms with E-state index < -0.39 is 5.97 Å². The average molecular weight is 385 g/mol. The van der Waals surface area contributed by atoms with Crippen molar-refractivity contribution in [3.05, 3.63) is 0 Å². The van der Waals surface area contributed by atoms with Gasteiger partial charge in [0.15, 0.2) is 0 Å². The van der Waals surface area contributed by atoms with Gasteiger partial charge in [0.25, 0.3) is 0 Å². The maximum absolute atomic E-state index is 10.7. The number of hydrogen-bond acceptors (Lipinski definition) is 3. The Morgan fingerprint density at radius 3 is 2.07 bits per heavy atom. The van der Waals surface area contributed by atoms with Crippen molar-refractivity contribution in [2.75, 3.05) is 6.61 Å². The third-order valence-corrected chi connectivity index (χ3v) is 6.47. The largest absolute Gasteiger partial charge is 0.481 e. The number of aliphatic carboxylic acids is 1. The van der Waals surface area contributed by atoms with Crippen LogP contribution in [0.5, 0.6) is 0 Å². The second-order valence-electron chi connectivity index (χ2n) is 9.74. The minimum absolute atomic E-state index is 0.158. The van der Waals surface area contributed by atoms with Crippen molar-refractivity contribution in [2.24, 2.45) is 10.8 Å². The lowest BCUT2D eigenvalue weighted by Gasteiger charge is -2.24. The van der Waals surface area contributed by atoms with Gasteiger partial charge in [-0.3, -0.25) is 4.79 Å². The Hall–Kier alpha value is -0.610. The summed E-state index contributed by atoms with van der Waals surface area (Å²) in [4.78, 5) is 10.7. The smallest absolute Gasteiger partial charge is 0.303 e. The van der Waals surface area contributed by atoms with Gasteiger partial charge in [-0.2, -0.15) is 0 Å². The molecule has 0 aromatic rings. The number of hydrogen-bond donors (Lipinski definition) is 3. The summed E-state index contributed by atoms with van der Waals surface area (Å²) < 4.78 is 0. The lowest BCUT2D eigenvalue weighted by Crippen LogP contribution is -2.12. The summed E-state index contributed by atoms with van der Waals surface area (Å²) >= 11 is 0. The molecule has 1 unspecified atom stereocenters. The highest BCUT2D eigenvalue weighted by Gasteiger charge is 2.41. The molecule has 0 aromatic carbocycles. The van der Waals surface area contributed by atoms with E-state index in [0.717, 1.165) is 51.4 Å². The van der Waals surface area contributed by atoms with Crippen LogP contribution < -0.4 is 0 Å². The fourth-order valence-electron chi connectivity index (χ4n) is 4.22. The van der Waals surface area contributed by atoms with Gasteiger partial charge in [-0.1, -0.05) is 52.4 Å². The van der Waals surface area contributed by atoms with Gasteiger partial charge in [-0.15, -0.1) is 0 Å². The van der Waals surface area contributed by atoms with Crippen LogP contribution in [0.25, 0.3) is 0 Å². The zero-order chi connectivity index (χ0) is 20.2. The predicted molar refractivity (Wildman–Crippen MR) is 111 cm³/mol. The normalized spacial score (nSPS) is 17.0. The van der Waals surface area contributed by atoms with Crippen LogP contribution in [0.1, 0.15) is 117 Å². The average Bonchev–Trinajstić information content (AvgIpc) is 3.38. The minimum atomic E-state index is -0.668. The molecule has 1 saturated carbocycles. The molecule has 0 radical (unpaired) electrons. The summed E-state index contributed by atoms with van der Waals surface area (Å²) in [5.41, 5.74) is 0.673. The van der Waals surface area contributed by atoms with Gasteiger partial charge in [0, 0.05) is 13.0 Å². The van der Waals surface area contributed by atoms with Crippen molar-refractivity contribution >= 4 is 5.97 Å². The Balaban J connectivity index is 1.94. The quantitative estimate of drug-likeness (QED) is 0.265. The van der Waals surface area contributed by atoms with Crippen LogP contribution in [-0.2, 0) is 4.79 Å². The molecule has 1 atom stereocenters. The number of aliphatic hydroxyl groups is 2. The molecule has 160 valence electrons. The van der Waals surface area contributed by atoms with Crippen molar-refractivity contribution in [1.82, 2.24) is 0 Å². The maximum Gasteiger partial charge on any atom is 0.303 e. The number of aliphatic hydroxyl groups excluding tert-OH is 2.